The van der Waals surface area contributed by atoms with Gasteiger partial charge in [-0.15, -0.1) is 0 Å². The Balaban J connectivity index is 3.01. The van der Waals surface area contributed by atoms with E-state index in [0.29, 0.717) is 0 Å². The first-order chi connectivity index (χ1) is 4.33. The lowest BCUT2D eigenvalue weighted by Crippen LogP contribution is -1.80. The minimum absolute atomic E-state index is 0.734. The number of hydrogen-bond donors (Lipinski definition) is 1. The fraction of sp³-hybridized carbons (Fsp3) is 0. The number of nitrogens with zero attached hydrogens (tertiary/aromatic N) is 1. The minimum Gasteiger partial charge on any atom is -0.399 e. The summed E-state index contributed by atoms with van der Waals surface area (Å²) in [5.74, 6) is 0. The summed E-state index contributed by atoms with van der Waals surface area (Å²) in [6.07, 6.45) is 0. The van der Waals surface area contributed by atoms with Gasteiger partial charge < -0.3 is 5.73 Å². The Morgan fingerprint density at radius 2 is 1.78 bits per heavy atom. The largest absolute Gasteiger partial charge is 0.399 e. The van der Waals surface area contributed by atoms with Crippen LogP contribution in [0.4, 0.5) is 11.4 Å². The summed E-state index contributed by atoms with van der Waals surface area (Å²) in [5, 5.41) is 0. The molecule has 0 saturated heterocycles. The van der Waals surface area contributed by atoms with Crippen LogP contribution in [0.15, 0.2) is 28.6 Å². The van der Waals surface area contributed by atoms with Gasteiger partial charge in [-0.3, -0.25) is 0 Å². The summed E-state index contributed by atoms with van der Waals surface area (Å²) in [5.41, 5.74) is 6.92. The Morgan fingerprint density at radius 1 is 1.22 bits per heavy atom. The molecule has 0 aromatic heterocycles. The molecule has 2 nitrogen and oxygen atoms in total. The molecule has 1 aromatic rings. The number of benzene rings is 1. The lowest BCUT2D eigenvalue weighted by molar-refractivity contribution is 1.57. The van der Waals surface area contributed by atoms with Crippen molar-refractivity contribution in [3.05, 3.63) is 24.3 Å². The Morgan fingerprint density at radius 3 is 2.22 bits per heavy atom. The molecule has 0 unspecified atom stereocenters. The van der Waals surface area contributed by atoms with Crippen LogP contribution < -0.4 is 5.73 Å². The van der Waals surface area contributed by atoms with Crippen LogP contribution in [0.25, 0.3) is 0 Å². The van der Waals surface area contributed by atoms with E-state index >= 15 is 0 Å². The Bertz CT molecular complexity index is 205. The smallest absolute Gasteiger partial charge is 0.0770 e. The first kappa shape index (κ1) is 6.16. The average molecular weight is 138 g/mol. The Labute approximate surface area is 58.9 Å². The van der Waals surface area contributed by atoms with Crippen LogP contribution in [-0.4, -0.2) is 0 Å². The molecule has 0 amide bonds. The van der Waals surface area contributed by atoms with Gasteiger partial charge in [0.25, 0.3) is 0 Å². The molecule has 0 aliphatic carbocycles. The van der Waals surface area contributed by atoms with Gasteiger partial charge in [-0.25, -0.2) is 0 Å². The molecule has 1 aromatic carbocycles. The molecular weight excluding hydrogens is 132 g/mol. The van der Waals surface area contributed by atoms with E-state index in [9.17, 15) is 0 Å². The lowest BCUT2D eigenvalue weighted by atomic mass is 10.3. The van der Waals surface area contributed by atoms with Gasteiger partial charge in [-0.1, -0.05) is 0 Å². The number of nitrogen functional groups attached to an aromatic ring is 1. The normalized spacial score (nSPS) is 8.89. The molecule has 0 saturated carbocycles. The number of anilines is 1. The molecule has 0 bridgehead atoms. The topological polar surface area (TPSA) is 38.4 Å². The fourth-order valence-corrected chi connectivity index (χ4v) is 0.657. The molecule has 9 heavy (non-hydrogen) atoms. The molecule has 3 heteroatoms. The third-order valence-electron chi connectivity index (χ3n) is 0.998. The van der Waals surface area contributed by atoms with E-state index in [0.717, 1.165) is 11.4 Å². The van der Waals surface area contributed by atoms with E-state index in [4.69, 9.17) is 5.73 Å². The molecule has 0 heterocycles. The first-order valence-corrected chi connectivity index (χ1v) is 2.88. The number of nitrogens with two attached hydrogens (primary N) is 1. The van der Waals surface area contributed by atoms with Crippen molar-refractivity contribution in [1.82, 2.24) is 0 Å². The van der Waals surface area contributed by atoms with Crippen molar-refractivity contribution in [1.29, 1.82) is 0 Å². The van der Waals surface area contributed by atoms with Gasteiger partial charge in [0.05, 0.1) is 5.69 Å². The molecule has 46 valence electrons. The SMILES string of the molecule is Nc1ccc(N=S)cc1. The molecule has 0 aliphatic heterocycles. The number of hydrogen-bond acceptors (Lipinski definition) is 3. The second-order valence-corrected chi connectivity index (χ2v) is 1.87. The highest BCUT2D eigenvalue weighted by Gasteiger charge is 1.84. The maximum atomic E-state index is 5.41. The van der Waals surface area contributed by atoms with Crippen molar-refractivity contribution in [3.63, 3.8) is 0 Å². The summed E-state index contributed by atoms with van der Waals surface area (Å²) in [6, 6.07) is 7.10. The summed E-state index contributed by atoms with van der Waals surface area (Å²) < 4.78 is 3.54. The summed E-state index contributed by atoms with van der Waals surface area (Å²) in [7, 11) is 0. The van der Waals surface area contributed by atoms with Crippen molar-refractivity contribution < 1.29 is 0 Å². The van der Waals surface area contributed by atoms with Gasteiger partial charge >= 0.3 is 0 Å². The highest BCUT2D eigenvalue weighted by Crippen LogP contribution is 2.12. The highest BCUT2D eigenvalue weighted by atomic mass is 32.1. The maximum Gasteiger partial charge on any atom is 0.0770 e. The second-order valence-electron chi connectivity index (χ2n) is 1.68. The zero-order valence-electron chi connectivity index (χ0n) is 4.74. The van der Waals surface area contributed by atoms with E-state index < -0.39 is 0 Å². The molecule has 0 aliphatic rings. The van der Waals surface area contributed by atoms with Gasteiger partial charge in [0.1, 0.15) is 0 Å². The number of rotatable bonds is 1. The van der Waals surface area contributed by atoms with Crippen molar-refractivity contribution >= 4 is 23.8 Å². The molecule has 0 radical (unpaired) electrons. The van der Waals surface area contributed by atoms with Crippen LogP contribution in [0.2, 0.25) is 0 Å². The third kappa shape index (κ3) is 1.47. The van der Waals surface area contributed by atoms with E-state index in [2.05, 4.69) is 16.8 Å². The van der Waals surface area contributed by atoms with Crippen LogP contribution in [0.5, 0.6) is 0 Å². The van der Waals surface area contributed by atoms with Gasteiger partial charge in [-0.2, -0.15) is 4.36 Å². The van der Waals surface area contributed by atoms with Gasteiger partial charge in [0, 0.05) is 18.1 Å². The van der Waals surface area contributed by atoms with Gasteiger partial charge in [0.2, 0.25) is 0 Å². The third-order valence-corrected chi connectivity index (χ3v) is 1.21. The zero-order chi connectivity index (χ0) is 6.69. The van der Waals surface area contributed by atoms with Crippen molar-refractivity contribution in [3.8, 4) is 0 Å². The van der Waals surface area contributed by atoms with Crippen molar-refractivity contribution in [2.24, 2.45) is 4.36 Å². The predicted octanol–water partition coefficient (Wildman–Crippen LogP) is 1.63. The summed E-state index contributed by atoms with van der Waals surface area (Å²) >= 11 is 4.45. The standard InChI is InChI=1S/C6H6N2S/c7-5-1-3-6(8-9)4-2-5/h1-4H,7H2. The molecule has 1 rings (SSSR count). The van der Waals surface area contributed by atoms with Gasteiger partial charge in [-0.05, 0) is 24.3 Å². The molecule has 0 fully saturated rings. The van der Waals surface area contributed by atoms with Crippen LogP contribution in [-0.2, 0) is 12.4 Å². The van der Waals surface area contributed by atoms with Gasteiger partial charge in [0.15, 0.2) is 0 Å². The zero-order valence-corrected chi connectivity index (χ0v) is 5.56. The molecule has 2 N–H and O–H groups in total. The molecular formula is C6H6N2S. The minimum atomic E-state index is 0.734. The summed E-state index contributed by atoms with van der Waals surface area (Å²) in [4.78, 5) is 0. The van der Waals surface area contributed by atoms with Crippen molar-refractivity contribution in [2.75, 3.05) is 5.73 Å². The van der Waals surface area contributed by atoms with E-state index in [1.54, 1.807) is 24.3 Å². The van der Waals surface area contributed by atoms with Crippen LogP contribution in [0.1, 0.15) is 0 Å². The summed E-state index contributed by atoms with van der Waals surface area (Å²) in [6.45, 7) is 0. The van der Waals surface area contributed by atoms with Crippen LogP contribution in [0, 0.1) is 0 Å². The maximum absolute atomic E-state index is 5.41. The van der Waals surface area contributed by atoms with Crippen molar-refractivity contribution in [2.45, 2.75) is 0 Å². The van der Waals surface area contributed by atoms with E-state index in [1.807, 2.05) is 0 Å². The monoisotopic (exact) mass is 138 g/mol. The second kappa shape index (κ2) is 2.55. The van der Waals surface area contributed by atoms with E-state index in [-0.39, 0.29) is 0 Å². The molecule has 0 spiro atoms. The van der Waals surface area contributed by atoms with Crippen LogP contribution >= 0.6 is 0 Å². The molecule has 0 atom stereocenters. The first-order valence-electron chi connectivity index (χ1n) is 2.52. The quantitative estimate of drug-likeness (QED) is 0.599. The Hall–Kier alpha value is -0.960. The predicted molar refractivity (Wildman–Crippen MR) is 40.3 cm³/mol. The fourth-order valence-electron chi connectivity index (χ4n) is 0.535. The highest BCUT2D eigenvalue weighted by molar-refractivity contribution is 7.47. The lowest BCUT2D eigenvalue weighted by Gasteiger charge is -1.90. The van der Waals surface area contributed by atoms with E-state index in [1.165, 1.54) is 0 Å². The van der Waals surface area contributed by atoms with Crippen LogP contribution in [0.3, 0.4) is 0 Å². The average Bonchev–Trinajstić information content (AvgIpc) is 1.90. The Kier molecular flexibility index (Phi) is 1.75.